The van der Waals surface area contributed by atoms with E-state index in [0.717, 1.165) is 16.2 Å². The van der Waals surface area contributed by atoms with E-state index in [-0.39, 0.29) is 34.9 Å². The third kappa shape index (κ3) is 5.22. The Kier molecular flexibility index (Phi) is 6.77. The Labute approximate surface area is 202 Å². The number of carbonyl (C=O) groups excluding carboxylic acids is 1. The fourth-order valence-electron chi connectivity index (χ4n) is 3.83. The van der Waals surface area contributed by atoms with Gasteiger partial charge in [0.1, 0.15) is 12.2 Å². The van der Waals surface area contributed by atoms with Gasteiger partial charge < -0.3 is 20.0 Å². The molecule has 0 spiro atoms. The van der Waals surface area contributed by atoms with E-state index >= 15 is 0 Å². The van der Waals surface area contributed by atoms with E-state index in [2.05, 4.69) is 10.3 Å². The van der Waals surface area contributed by atoms with Gasteiger partial charge in [0, 0.05) is 31.4 Å². The van der Waals surface area contributed by atoms with Gasteiger partial charge in [0.15, 0.2) is 0 Å². The highest BCUT2D eigenvalue weighted by Gasteiger charge is 2.21. The number of rotatable bonds is 9. The quantitative estimate of drug-likeness (QED) is 0.182. The second kappa shape index (κ2) is 10.1. The predicted octanol–water partition coefficient (Wildman–Crippen LogP) is 1.72. The topological polar surface area (TPSA) is 169 Å². The number of carboxylic acids is 1. The van der Waals surface area contributed by atoms with Gasteiger partial charge in [-0.15, -0.1) is 0 Å². The molecule has 2 aromatic heterocycles. The third-order valence-electron chi connectivity index (χ3n) is 5.57. The van der Waals surface area contributed by atoms with Crippen LogP contribution in [0, 0.1) is 10.1 Å². The van der Waals surface area contributed by atoms with E-state index in [1.165, 1.54) is 10.6 Å². The summed E-state index contributed by atoms with van der Waals surface area (Å²) >= 11 is 0. The molecule has 12 heteroatoms. The number of H-pyrrole nitrogens is 1. The molecule has 2 aromatic carbocycles. The van der Waals surface area contributed by atoms with Crippen molar-refractivity contribution in [1.29, 1.82) is 0 Å². The van der Waals surface area contributed by atoms with Gasteiger partial charge in [0.05, 0.1) is 16.0 Å². The first-order chi connectivity index (χ1) is 17.2. The molecule has 0 atom stereocenters. The van der Waals surface area contributed by atoms with Crippen LogP contribution in [0.2, 0.25) is 0 Å². The van der Waals surface area contributed by atoms with Gasteiger partial charge >= 0.3 is 17.1 Å². The number of benzene rings is 2. The zero-order valence-electron chi connectivity index (χ0n) is 18.8. The Hall–Kier alpha value is -5.00. The standard InChI is InChI=1S/C24H21N5O7/c30-21(7-6-15-4-2-1-3-5-15)25-12-16-8-9-27(13-16)19-11-18-17(10-20(19)29(35)36)26-23(33)24(34)28(18)14-22(31)32/h1-5,8-11,13H,6-7,12,14H2,(H,25,30)(H,26,33)(H,31,32). The van der Waals surface area contributed by atoms with Crippen molar-refractivity contribution in [1.82, 2.24) is 19.4 Å². The van der Waals surface area contributed by atoms with Crippen molar-refractivity contribution in [3.05, 3.63) is 103 Å². The minimum atomic E-state index is -1.35. The van der Waals surface area contributed by atoms with Crippen LogP contribution in [0.5, 0.6) is 0 Å². The first-order valence-electron chi connectivity index (χ1n) is 10.9. The fraction of sp³-hybridized carbons (Fsp3) is 0.167. The van der Waals surface area contributed by atoms with Crippen molar-refractivity contribution in [2.45, 2.75) is 25.9 Å². The lowest BCUT2D eigenvalue weighted by Crippen LogP contribution is -2.37. The summed E-state index contributed by atoms with van der Waals surface area (Å²) in [5, 5.41) is 23.7. The number of nitro benzene ring substituents is 1. The molecule has 4 aromatic rings. The molecule has 2 heterocycles. The van der Waals surface area contributed by atoms with E-state index in [4.69, 9.17) is 5.11 Å². The molecule has 0 saturated carbocycles. The van der Waals surface area contributed by atoms with Crippen LogP contribution in [-0.2, 0) is 29.1 Å². The first kappa shape index (κ1) is 24.1. The highest BCUT2D eigenvalue weighted by molar-refractivity contribution is 5.83. The molecule has 0 bridgehead atoms. The summed E-state index contributed by atoms with van der Waals surface area (Å²) in [5.41, 5.74) is -0.797. The maximum absolute atomic E-state index is 12.3. The van der Waals surface area contributed by atoms with Crippen LogP contribution in [0.4, 0.5) is 5.69 Å². The summed E-state index contributed by atoms with van der Waals surface area (Å²) in [6.45, 7) is -0.596. The van der Waals surface area contributed by atoms with Gasteiger partial charge in [0.25, 0.3) is 5.69 Å². The summed E-state index contributed by atoms with van der Waals surface area (Å²) < 4.78 is 2.19. The molecule has 12 nitrogen and oxygen atoms in total. The number of fused-ring (bicyclic) bond motifs is 1. The summed E-state index contributed by atoms with van der Waals surface area (Å²) in [5.74, 6) is -1.50. The van der Waals surface area contributed by atoms with Crippen molar-refractivity contribution < 1.29 is 19.6 Å². The molecule has 0 aliphatic carbocycles. The molecular weight excluding hydrogens is 470 g/mol. The predicted molar refractivity (Wildman–Crippen MR) is 129 cm³/mol. The van der Waals surface area contributed by atoms with Gasteiger partial charge in [0.2, 0.25) is 5.91 Å². The highest BCUT2D eigenvalue weighted by Crippen LogP contribution is 2.28. The second-order valence-corrected chi connectivity index (χ2v) is 8.04. The number of aliphatic carboxylic acids is 1. The van der Waals surface area contributed by atoms with Crippen molar-refractivity contribution in [3.63, 3.8) is 0 Å². The van der Waals surface area contributed by atoms with Gasteiger partial charge in [-0.05, 0) is 29.7 Å². The van der Waals surface area contributed by atoms with E-state index in [0.29, 0.717) is 18.4 Å². The Bertz CT molecular complexity index is 1580. The largest absolute Gasteiger partial charge is 0.480 e. The number of aromatic amines is 1. The van der Waals surface area contributed by atoms with Crippen LogP contribution in [0.15, 0.2) is 70.5 Å². The minimum Gasteiger partial charge on any atom is -0.480 e. The molecule has 0 saturated heterocycles. The minimum absolute atomic E-state index is 0.0204. The molecular formula is C24H21N5O7. The molecule has 0 radical (unpaired) electrons. The maximum atomic E-state index is 12.3. The molecule has 0 fully saturated rings. The monoisotopic (exact) mass is 491 g/mol. The number of aryl methyl sites for hydroxylation is 1. The lowest BCUT2D eigenvalue weighted by atomic mass is 10.1. The summed E-state index contributed by atoms with van der Waals surface area (Å²) in [6.07, 6.45) is 4.03. The Morgan fingerprint density at radius 2 is 1.83 bits per heavy atom. The number of aromatic nitrogens is 3. The average Bonchev–Trinajstić information content (AvgIpc) is 3.33. The average molecular weight is 491 g/mol. The maximum Gasteiger partial charge on any atom is 0.323 e. The van der Waals surface area contributed by atoms with Crippen LogP contribution in [0.25, 0.3) is 16.7 Å². The first-order valence-corrected chi connectivity index (χ1v) is 10.9. The smallest absolute Gasteiger partial charge is 0.323 e. The molecule has 184 valence electrons. The van der Waals surface area contributed by atoms with Crippen molar-refractivity contribution in [2.24, 2.45) is 0 Å². The number of nitro groups is 1. The summed E-state index contributed by atoms with van der Waals surface area (Å²) in [6, 6.07) is 13.6. The SMILES string of the molecule is O=C(O)Cn1c(=O)c(=O)[nH]c2cc([N+](=O)[O-])c(-n3ccc(CNC(=O)CCc4ccccc4)c3)cc21. The summed E-state index contributed by atoms with van der Waals surface area (Å²) in [4.78, 5) is 61.0. The Balaban J connectivity index is 1.60. The molecule has 1 amide bonds. The van der Waals surface area contributed by atoms with Crippen LogP contribution >= 0.6 is 0 Å². The van der Waals surface area contributed by atoms with E-state index in [9.17, 15) is 29.3 Å². The highest BCUT2D eigenvalue weighted by atomic mass is 16.6. The molecule has 0 unspecified atom stereocenters. The van der Waals surface area contributed by atoms with Gasteiger partial charge in [-0.25, -0.2) is 0 Å². The zero-order valence-corrected chi connectivity index (χ0v) is 18.8. The van der Waals surface area contributed by atoms with Crippen molar-refractivity contribution in [3.8, 4) is 5.69 Å². The van der Waals surface area contributed by atoms with E-state index < -0.39 is 28.6 Å². The molecule has 4 rings (SSSR count). The number of nitrogens with one attached hydrogen (secondary N) is 2. The Morgan fingerprint density at radius 3 is 2.53 bits per heavy atom. The third-order valence-corrected chi connectivity index (χ3v) is 5.57. The van der Waals surface area contributed by atoms with Crippen molar-refractivity contribution >= 4 is 28.6 Å². The fourth-order valence-corrected chi connectivity index (χ4v) is 3.83. The van der Waals surface area contributed by atoms with Gasteiger partial charge in [-0.3, -0.25) is 33.9 Å². The van der Waals surface area contributed by atoms with Crippen LogP contribution in [0.1, 0.15) is 17.5 Å². The van der Waals surface area contributed by atoms with Crippen LogP contribution < -0.4 is 16.4 Å². The number of hydrogen-bond acceptors (Lipinski definition) is 6. The van der Waals surface area contributed by atoms with E-state index in [1.807, 2.05) is 30.3 Å². The second-order valence-electron chi connectivity index (χ2n) is 8.04. The van der Waals surface area contributed by atoms with Crippen LogP contribution in [-0.4, -0.2) is 36.0 Å². The number of amides is 1. The Morgan fingerprint density at radius 1 is 1.08 bits per heavy atom. The molecule has 36 heavy (non-hydrogen) atoms. The molecule has 3 N–H and O–H groups in total. The number of hydrogen-bond donors (Lipinski definition) is 3. The van der Waals surface area contributed by atoms with Crippen LogP contribution in [0.3, 0.4) is 0 Å². The number of carboxylic acid groups (broad SMARTS) is 1. The lowest BCUT2D eigenvalue weighted by molar-refractivity contribution is -0.384. The van der Waals surface area contributed by atoms with Gasteiger partial charge in [-0.1, -0.05) is 30.3 Å². The summed E-state index contributed by atoms with van der Waals surface area (Å²) in [7, 11) is 0. The van der Waals surface area contributed by atoms with Crippen molar-refractivity contribution in [2.75, 3.05) is 0 Å². The molecule has 0 aliphatic heterocycles. The normalized spacial score (nSPS) is 10.9. The number of carbonyl (C=O) groups is 2. The molecule has 0 aliphatic rings. The zero-order chi connectivity index (χ0) is 25.8. The van der Waals surface area contributed by atoms with E-state index in [1.54, 1.807) is 18.5 Å². The lowest BCUT2D eigenvalue weighted by Gasteiger charge is -2.11. The van der Waals surface area contributed by atoms with Gasteiger partial charge in [-0.2, -0.15) is 0 Å². The number of nitrogens with zero attached hydrogens (tertiary/aromatic N) is 3.